The normalized spacial score (nSPS) is 24.9. The lowest BCUT2D eigenvalue weighted by Gasteiger charge is -2.30. The number of esters is 2. The molecule has 1 fully saturated rings. The predicted molar refractivity (Wildman–Crippen MR) is 77.1 cm³/mol. The van der Waals surface area contributed by atoms with Crippen LogP contribution in [0.15, 0.2) is 35.5 Å². The maximum atomic E-state index is 12.5. The molecule has 22 heavy (non-hydrogen) atoms. The van der Waals surface area contributed by atoms with Crippen LogP contribution in [0.2, 0.25) is 0 Å². The van der Waals surface area contributed by atoms with Gasteiger partial charge in [-0.3, -0.25) is 9.59 Å². The van der Waals surface area contributed by atoms with Gasteiger partial charge in [0.1, 0.15) is 6.61 Å². The van der Waals surface area contributed by atoms with Gasteiger partial charge >= 0.3 is 11.9 Å². The zero-order valence-corrected chi connectivity index (χ0v) is 12.4. The van der Waals surface area contributed by atoms with E-state index in [1.807, 2.05) is 30.3 Å². The molecular weight excluding hydrogens is 286 g/mol. The van der Waals surface area contributed by atoms with Crippen LogP contribution in [-0.2, 0) is 23.9 Å². The summed E-state index contributed by atoms with van der Waals surface area (Å²) in [5.74, 6) is -1.79. The van der Waals surface area contributed by atoms with Gasteiger partial charge in [0.25, 0.3) is 0 Å². The number of benzene rings is 1. The van der Waals surface area contributed by atoms with E-state index in [0.717, 1.165) is 5.56 Å². The van der Waals surface area contributed by atoms with Gasteiger partial charge in [0.15, 0.2) is 5.41 Å². The summed E-state index contributed by atoms with van der Waals surface area (Å²) in [4.78, 5) is 30.2. The van der Waals surface area contributed by atoms with Crippen LogP contribution in [0.5, 0.6) is 0 Å². The van der Waals surface area contributed by atoms with E-state index >= 15 is 0 Å². The average Bonchev–Trinajstić information content (AvgIpc) is 3.12. The van der Waals surface area contributed by atoms with E-state index in [-0.39, 0.29) is 12.3 Å². The molecule has 0 N–H and O–H groups in total. The molecule has 0 saturated heterocycles. The van der Waals surface area contributed by atoms with Crippen LogP contribution in [-0.4, -0.2) is 38.5 Å². The number of oxime groups is 1. The van der Waals surface area contributed by atoms with E-state index in [0.29, 0.717) is 12.3 Å². The molecule has 6 heteroatoms. The van der Waals surface area contributed by atoms with Crippen LogP contribution in [0.4, 0.5) is 0 Å². The van der Waals surface area contributed by atoms with Crippen molar-refractivity contribution >= 4 is 17.7 Å². The highest BCUT2D eigenvalue weighted by Crippen LogP contribution is 2.53. The lowest BCUT2D eigenvalue weighted by atomic mass is 9.73. The largest absolute Gasteiger partial charge is 0.468 e. The lowest BCUT2D eigenvalue weighted by molar-refractivity contribution is -0.170. The van der Waals surface area contributed by atoms with Crippen molar-refractivity contribution in [2.75, 3.05) is 20.8 Å². The summed E-state index contributed by atoms with van der Waals surface area (Å²) in [7, 11) is 2.56. The molecular formula is C16H17NO5. The summed E-state index contributed by atoms with van der Waals surface area (Å²) in [5, 5.41) is 4.09. The average molecular weight is 303 g/mol. The van der Waals surface area contributed by atoms with Crippen LogP contribution in [0.1, 0.15) is 17.9 Å². The van der Waals surface area contributed by atoms with Gasteiger partial charge in [-0.15, -0.1) is 0 Å². The summed E-state index contributed by atoms with van der Waals surface area (Å²) in [6, 6.07) is 9.33. The van der Waals surface area contributed by atoms with Crippen molar-refractivity contribution in [3.8, 4) is 0 Å². The second-order valence-electron chi connectivity index (χ2n) is 5.51. The Morgan fingerprint density at radius 2 is 1.82 bits per heavy atom. The van der Waals surface area contributed by atoms with Crippen molar-refractivity contribution in [2.45, 2.75) is 12.3 Å². The minimum atomic E-state index is -1.40. The Balaban J connectivity index is 2.18. The Morgan fingerprint density at radius 1 is 1.18 bits per heavy atom. The molecule has 0 spiro atoms. The molecule has 0 radical (unpaired) electrons. The molecule has 2 atom stereocenters. The predicted octanol–water partition coefficient (Wildman–Crippen LogP) is 1.51. The second-order valence-corrected chi connectivity index (χ2v) is 5.51. The molecule has 0 unspecified atom stereocenters. The molecule has 116 valence electrons. The first-order valence-electron chi connectivity index (χ1n) is 7.06. The number of methoxy groups -OCH3 is 2. The van der Waals surface area contributed by atoms with Crippen molar-refractivity contribution in [1.29, 1.82) is 0 Å². The lowest BCUT2D eigenvalue weighted by Crippen LogP contribution is -2.44. The topological polar surface area (TPSA) is 74.2 Å². The number of rotatable bonds is 3. The monoisotopic (exact) mass is 303 g/mol. The minimum Gasteiger partial charge on any atom is -0.468 e. The van der Waals surface area contributed by atoms with E-state index in [2.05, 4.69) is 5.16 Å². The van der Waals surface area contributed by atoms with E-state index < -0.39 is 23.3 Å². The molecule has 0 aromatic heterocycles. The number of hydrogen-bond acceptors (Lipinski definition) is 6. The van der Waals surface area contributed by atoms with Gasteiger partial charge in [-0.25, -0.2) is 0 Å². The maximum absolute atomic E-state index is 12.5. The van der Waals surface area contributed by atoms with Crippen LogP contribution < -0.4 is 0 Å². The Morgan fingerprint density at radius 3 is 2.41 bits per heavy atom. The second kappa shape index (κ2) is 5.44. The first-order chi connectivity index (χ1) is 10.6. The summed E-state index contributed by atoms with van der Waals surface area (Å²) in [6.07, 6.45) is 0.282. The van der Waals surface area contributed by atoms with Gasteiger partial charge in [0.05, 0.1) is 25.8 Å². The Labute approximate surface area is 128 Å². The van der Waals surface area contributed by atoms with Crippen molar-refractivity contribution in [1.82, 2.24) is 0 Å². The smallest absolute Gasteiger partial charge is 0.324 e. The van der Waals surface area contributed by atoms with E-state index in [9.17, 15) is 9.59 Å². The molecule has 1 saturated carbocycles. The first-order valence-corrected chi connectivity index (χ1v) is 7.06. The fraction of sp³-hybridized carbons (Fsp3) is 0.438. The van der Waals surface area contributed by atoms with Crippen LogP contribution in [0.25, 0.3) is 0 Å². The van der Waals surface area contributed by atoms with Gasteiger partial charge in [-0.05, 0) is 12.0 Å². The van der Waals surface area contributed by atoms with Gasteiger partial charge in [-0.2, -0.15) is 0 Å². The van der Waals surface area contributed by atoms with Gasteiger partial charge in [0.2, 0.25) is 0 Å². The number of hydrogen-bond donors (Lipinski definition) is 0. The van der Waals surface area contributed by atoms with Crippen LogP contribution in [0.3, 0.4) is 0 Å². The highest BCUT2D eigenvalue weighted by atomic mass is 16.6. The molecule has 1 heterocycles. The number of ether oxygens (including phenoxy) is 2. The highest BCUT2D eigenvalue weighted by molar-refractivity contribution is 6.12. The third-order valence-electron chi connectivity index (χ3n) is 4.45. The quantitative estimate of drug-likeness (QED) is 0.625. The fourth-order valence-electron chi connectivity index (χ4n) is 3.52. The van der Waals surface area contributed by atoms with Gasteiger partial charge < -0.3 is 14.3 Å². The fourth-order valence-corrected chi connectivity index (χ4v) is 3.52. The van der Waals surface area contributed by atoms with E-state index in [4.69, 9.17) is 14.3 Å². The molecule has 2 aliphatic rings. The number of carbonyl (C=O) groups excluding carboxylic acids is 2. The van der Waals surface area contributed by atoms with Gasteiger partial charge in [-0.1, -0.05) is 35.5 Å². The minimum absolute atomic E-state index is 0.0802. The SMILES string of the molecule is COC(=O)C1(C(=O)OC)C[C@@H]2CON=C2[C@H]1c1ccccc1. The first kappa shape index (κ1) is 14.6. The molecule has 1 aliphatic heterocycles. The van der Waals surface area contributed by atoms with Gasteiger partial charge in [0, 0.05) is 5.92 Å². The van der Waals surface area contributed by atoms with Crippen LogP contribution >= 0.6 is 0 Å². The summed E-state index contributed by atoms with van der Waals surface area (Å²) in [5.41, 5.74) is 0.130. The standard InChI is InChI=1S/C16H17NO5/c1-20-14(18)16(15(19)21-2)8-11-9-22-17-13(11)12(16)10-6-4-3-5-7-10/h3-7,11-12H,8-9H2,1-2H3/t11-,12-/m1/s1. The zero-order valence-electron chi connectivity index (χ0n) is 12.4. The molecule has 0 amide bonds. The highest BCUT2D eigenvalue weighted by Gasteiger charge is 2.64. The third-order valence-corrected chi connectivity index (χ3v) is 4.45. The number of nitrogens with zero attached hydrogens (tertiary/aromatic N) is 1. The molecule has 1 aromatic carbocycles. The molecule has 6 nitrogen and oxygen atoms in total. The van der Waals surface area contributed by atoms with Crippen LogP contribution in [0, 0.1) is 11.3 Å². The van der Waals surface area contributed by atoms with E-state index in [1.54, 1.807) is 0 Å². The summed E-state index contributed by atoms with van der Waals surface area (Å²) in [6.45, 7) is 0.369. The Kier molecular flexibility index (Phi) is 3.60. The third kappa shape index (κ3) is 1.90. The van der Waals surface area contributed by atoms with Crippen molar-refractivity contribution in [3.63, 3.8) is 0 Å². The number of carbonyl (C=O) groups is 2. The summed E-state index contributed by atoms with van der Waals surface area (Å²) < 4.78 is 9.88. The zero-order chi connectivity index (χ0) is 15.7. The Bertz CT molecular complexity index is 609. The molecule has 3 rings (SSSR count). The summed E-state index contributed by atoms with van der Waals surface area (Å²) >= 11 is 0. The molecule has 0 bridgehead atoms. The molecule has 1 aromatic rings. The van der Waals surface area contributed by atoms with Crippen molar-refractivity contribution in [3.05, 3.63) is 35.9 Å². The number of fused-ring (bicyclic) bond motifs is 1. The van der Waals surface area contributed by atoms with E-state index in [1.165, 1.54) is 14.2 Å². The maximum Gasteiger partial charge on any atom is 0.324 e. The molecule has 1 aliphatic carbocycles. The van der Waals surface area contributed by atoms with Crippen molar-refractivity contribution in [2.24, 2.45) is 16.5 Å². The van der Waals surface area contributed by atoms with Crippen molar-refractivity contribution < 1.29 is 23.9 Å². The Hall–Kier alpha value is -2.37.